The Balaban J connectivity index is 2.06. The van der Waals surface area contributed by atoms with Gasteiger partial charge in [0.15, 0.2) is 5.75 Å². The van der Waals surface area contributed by atoms with Gasteiger partial charge >= 0.3 is 0 Å². The molecular formula is C26H17O. The Morgan fingerprint density at radius 2 is 0.889 bits per heavy atom. The van der Waals surface area contributed by atoms with Crippen LogP contribution in [0.15, 0.2) is 103 Å². The highest BCUT2D eigenvalue weighted by atomic mass is 16.3. The Labute approximate surface area is 158 Å². The molecule has 0 unspecified atom stereocenters. The van der Waals surface area contributed by atoms with E-state index in [2.05, 4.69) is 48.5 Å². The van der Waals surface area contributed by atoms with Crippen molar-refractivity contribution in [2.24, 2.45) is 0 Å². The number of benzene rings is 5. The third-order valence-corrected chi connectivity index (χ3v) is 5.14. The second kappa shape index (κ2) is 6.30. The molecule has 0 atom stereocenters. The van der Waals surface area contributed by atoms with Crippen molar-refractivity contribution < 1.29 is 5.11 Å². The summed E-state index contributed by atoms with van der Waals surface area (Å²) in [7, 11) is 0. The third-order valence-electron chi connectivity index (χ3n) is 5.14. The molecule has 127 valence electrons. The predicted molar refractivity (Wildman–Crippen MR) is 112 cm³/mol. The van der Waals surface area contributed by atoms with E-state index in [1.807, 2.05) is 48.5 Å². The molecule has 0 N–H and O–H groups in total. The van der Waals surface area contributed by atoms with Gasteiger partial charge in [-0.05, 0) is 38.9 Å². The molecule has 5 aromatic rings. The van der Waals surface area contributed by atoms with Crippen LogP contribution in [0.1, 0.15) is 0 Å². The van der Waals surface area contributed by atoms with E-state index in [1.54, 1.807) is 6.07 Å². The zero-order chi connectivity index (χ0) is 18.2. The zero-order valence-corrected chi connectivity index (χ0v) is 14.7. The number of fused-ring (bicyclic) bond motifs is 2. The molecule has 0 aliphatic carbocycles. The molecule has 5 aromatic carbocycles. The van der Waals surface area contributed by atoms with Crippen molar-refractivity contribution in [1.82, 2.24) is 0 Å². The van der Waals surface area contributed by atoms with Gasteiger partial charge in [0.25, 0.3) is 0 Å². The fourth-order valence-corrected chi connectivity index (χ4v) is 4.02. The van der Waals surface area contributed by atoms with Crippen molar-refractivity contribution >= 4 is 21.5 Å². The molecule has 0 amide bonds. The third kappa shape index (κ3) is 2.48. The summed E-state index contributed by atoms with van der Waals surface area (Å²) in [6, 6.07) is 34.5. The smallest absolute Gasteiger partial charge is 0.187 e. The standard InChI is InChI=1S/C26H17O/c27-23-17-9-16-22-24(18-10-3-1-4-11-18)20-14-7-8-15-21(20)25(26(22)23)19-12-5-2-6-13-19/h1-17H. The Kier molecular flexibility index (Phi) is 3.65. The molecule has 1 radical (unpaired) electrons. The van der Waals surface area contributed by atoms with Crippen LogP contribution in [0.5, 0.6) is 5.75 Å². The highest BCUT2D eigenvalue weighted by Crippen LogP contribution is 2.46. The van der Waals surface area contributed by atoms with Gasteiger partial charge in [0.05, 0.1) is 0 Å². The molecular weight excluding hydrogens is 328 g/mol. The molecule has 0 bridgehead atoms. The first-order valence-corrected chi connectivity index (χ1v) is 9.10. The van der Waals surface area contributed by atoms with Crippen LogP contribution in [0.2, 0.25) is 0 Å². The molecule has 0 fully saturated rings. The van der Waals surface area contributed by atoms with Gasteiger partial charge in [-0.3, -0.25) is 5.11 Å². The van der Waals surface area contributed by atoms with Crippen LogP contribution in [0.25, 0.3) is 43.8 Å². The van der Waals surface area contributed by atoms with Crippen molar-refractivity contribution in [3.8, 4) is 28.0 Å². The summed E-state index contributed by atoms with van der Waals surface area (Å²) in [4.78, 5) is 0. The van der Waals surface area contributed by atoms with Crippen molar-refractivity contribution in [1.29, 1.82) is 0 Å². The van der Waals surface area contributed by atoms with Gasteiger partial charge in [-0.1, -0.05) is 97.1 Å². The Bertz CT molecular complexity index is 1260. The molecule has 0 aliphatic heterocycles. The minimum atomic E-state index is 0.0642. The minimum Gasteiger partial charge on any atom is -0.289 e. The van der Waals surface area contributed by atoms with Crippen LogP contribution >= 0.6 is 0 Å². The first-order valence-electron chi connectivity index (χ1n) is 9.10. The second-order valence-corrected chi connectivity index (χ2v) is 6.71. The van der Waals surface area contributed by atoms with Crippen LogP contribution in [0.3, 0.4) is 0 Å². The summed E-state index contributed by atoms with van der Waals surface area (Å²) in [6.45, 7) is 0. The van der Waals surface area contributed by atoms with Gasteiger partial charge in [0.2, 0.25) is 0 Å². The summed E-state index contributed by atoms with van der Waals surface area (Å²) in [6.07, 6.45) is 0. The number of hydrogen-bond acceptors (Lipinski definition) is 0. The number of hydrogen-bond donors (Lipinski definition) is 0. The molecule has 0 saturated carbocycles. The van der Waals surface area contributed by atoms with E-state index < -0.39 is 0 Å². The van der Waals surface area contributed by atoms with Crippen LogP contribution in [0, 0.1) is 0 Å². The van der Waals surface area contributed by atoms with Crippen LogP contribution in [-0.4, -0.2) is 0 Å². The maximum Gasteiger partial charge on any atom is 0.187 e. The zero-order valence-electron chi connectivity index (χ0n) is 14.7. The summed E-state index contributed by atoms with van der Waals surface area (Å²) in [5.74, 6) is 0.0642. The van der Waals surface area contributed by atoms with Gasteiger partial charge in [-0.15, -0.1) is 0 Å². The van der Waals surface area contributed by atoms with Gasteiger partial charge in [-0.2, -0.15) is 0 Å². The number of rotatable bonds is 2. The summed E-state index contributed by atoms with van der Waals surface area (Å²) in [5.41, 5.74) is 4.34. The van der Waals surface area contributed by atoms with Crippen molar-refractivity contribution in [3.05, 3.63) is 103 Å². The first kappa shape index (κ1) is 15.7. The van der Waals surface area contributed by atoms with E-state index in [1.165, 1.54) is 5.39 Å². The van der Waals surface area contributed by atoms with Gasteiger partial charge in [0, 0.05) is 10.9 Å². The normalized spacial score (nSPS) is 11.1. The van der Waals surface area contributed by atoms with Crippen molar-refractivity contribution in [2.45, 2.75) is 0 Å². The summed E-state index contributed by atoms with van der Waals surface area (Å²) in [5, 5.41) is 17.1. The predicted octanol–water partition coefficient (Wildman–Crippen LogP) is 7.47. The van der Waals surface area contributed by atoms with Gasteiger partial charge in [-0.25, -0.2) is 0 Å². The molecule has 0 aliphatic rings. The highest BCUT2D eigenvalue weighted by molar-refractivity contribution is 6.22. The van der Waals surface area contributed by atoms with E-state index in [0.29, 0.717) is 0 Å². The average Bonchev–Trinajstić information content (AvgIpc) is 2.73. The maximum atomic E-state index is 13.0. The minimum absolute atomic E-state index is 0.0642. The SMILES string of the molecule is [O]c1cccc2c(-c3ccccc3)c3ccccc3c(-c3ccccc3)c12. The summed E-state index contributed by atoms with van der Waals surface area (Å²) >= 11 is 0. The lowest BCUT2D eigenvalue weighted by atomic mass is 9.85. The highest BCUT2D eigenvalue weighted by Gasteiger charge is 2.18. The van der Waals surface area contributed by atoms with Gasteiger partial charge in [0.1, 0.15) is 0 Å². The van der Waals surface area contributed by atoms with E-state index in [0.717, 1.165) is 38.4 Å². The fraction of sp³-hybridized carbons (Fsp3) is 0. The van der Waals surface area contributed by atoms with Crippen LogP contribution in [0.4, 0.5) is 0 Å². The Hall–Kier alpha value is -3.58. The molecule has 0 heterocycles. The summed E-state index contributed by atoms with van der Waals surface area (Å²) < 4.78 is 0. The van der Waals surface area contributed by atoms with Crippen LogP contribution in [-0.2, 0) is 5.11 Å². The average molecular weight is 345 g/mol. The van der Waals surface area contributed by atoms with Crippen molar-refractivity contribution in [3.63, 3.8) is 0 Å². The van der Waals surface area contributed by atoms with E-state index >= 15 is 0 Å². The second-order valence-electron chi connectivity index (χ2n) is 6.71. The molecule has 1 heteroatoms. The molecule has 1 nitrogen and oxygen atoms in total. The lowest BCUT2D eigenvalue weighted by Crippen LogP contribution is -1.90. The van der Waals surface area contributed by atoms with E-state index in [4.69, 9.17) is 0 Å². The topological polar surface area (TPSA) is 19.9 Å². The quantitative estimate of drug-likeness (QED) is 0.296. The maximum absolute atomic E-state index is 13.0. The fourth-order valence-electron chi connectivity index (χ4n) is 4.02. The Morgan fingerprint density at radius 1 is 0.407 bits per heavy atom. The lowest BCUT2D eigenvalue weighted by Gasteiger charge is -2.17. The molecule has 0 saturated heterocycles. The molecule has 27 heavy (non-hydrogen) atoms. The molecule has 0 aromatic heterocycles. The van der Waals surface area contributed by atoms with E-state index in [9.17, 15) is 5.11 Å². The van der Waals surface area contributed by atoms with Crippen molar-refractivity contribution in [2.75, 3.05) is 0 Å². The monoisotopic (exact) mass is 345 g/mol. The first-order chi connectivity index (χ1) is 13.3. The molecule has 0 spiro atoms. The largest absolute Gasteiger partial charge is 0.289 e. The van der Waals surface area contributed by atoms with Gasteiger partial charge < -0.3 is 0 Å². The lowest BCUT2D eigenvalue weighted by molar-refractivity contribution is 0.360. The van der Waals surface area contributed by atoms with E-state index in [-0.39, 0.29) is 5.75 Å². The molecule has 5 rings (SSSR count). The Morgan fingerprint density at radius 3 is 1.52 bits per heavy atom. The van der Waals surface area contributed by atoms with Crippen LogP contribution < -0.4 is 0 Å².